The third kappa shape index (κ3) is 2.22. The minimum atomic E-state index is 0.570. The van der Waals surface area contributed by atoms with E-state index >= 15 is 0 Å². The number of nitrogens with two attached hydrogens (primary N) is 1. The Morgan fingerprint density at radius 3 is 2.33 bits per heavy atom. The molecule has 2 N–H and O–H groups in total. The predicted octanol–water partition coefficient (Wildman–Crippen LogP) is 2.92. The Morgan fingerprint density at radius 2 is 1.71 bits per heavy atom. The van der Waals surface area contributed by atoms with Gasteiger partial charge < -0.3 is 10.6 Å². The highest BCUT2D eigenvalue weighted by atomic mass is 15.2. The molecule has 1 saturated heterocycles. The van der Waals surface area contributed by atoms with E-state index in [2.05, 4.69) is 46.3 Å². The molecule has 1 aromatic carbocycles. The molecule has 0 unspecified atom stereocenters. The fraction of sp³-hybridized carbons (Fsp3) is 0.389. The first-order chi connectivity index (χ1) is 10.3. The summed E-state index contributed by atoms with van der Waals surface area (Å²) >= 11 is 0. The highest BCUT2D eigenvalue weighted by Crippen LogP contribution is 2.56. The molecule has 2 heterocycles. The summed E-state index contributed by atoms with van der Waals surface area (Å²) in [6.45, 7) is 3.03. The van der Waals surface area contributed by atoms with Crippen LogP contribution in [0.4, 0.5) is 5.69 Å². The fourth-order valence-electron chi connectivity index (χ4n) is 3.90. The van der Waals surface area contributed by atoms with Crippen LogP contribution in [0.25, 0.3) is 0 Å². The number of nitrogens with zero attached hydrogens (tertiary/aromatic N) is 2. The van der Waals surface area contributed by atoms with Crippen molar-refractivity contribution < 1.29 is 0 Å². The van der Waals surface area contributed by atoms with E-state index in [-0.39, 0.29) is 0 Å². The van der Waals surface area contributed by atoms with Gasteiger partial charge in [0.1, 0.15) is 0 Å². The Balaban J connectivity index is 1.36. The fourth-order valence-corrected chi connectivity index (χ4v) is 3.90. The number of aromatic nitrogens is 1. The summed E-state index contributed by atoms with van der Waals surface area (Å²) in [5.41, 5.74) is 10.2. The molecule has 1 aliphatic carbocycles. The van der Waals surface area contributed by atoms with Crippen LogP contribution >= 0.6 is 0 Å². The van der Waals surface area contributed by atoms with E-state index in [0.29, 0.717) is 12.0 Å². The third-order valence-corrected chi connectivity index (χ3v) is 5.13. The van der Waals surface area contributed by atoms with Crippen molar-refractivity contribution in [2.24, 2.45) is 11.1 Å². The number of rotatable bonds is 3. The summed E-state index contributed by atoms with van der Waals surface area (Å²) in [5.74, 6) is 0.745. The summed E-state index contributed by atoms with van der Waals surface area (Å²) < 4.78 is 0. The minimum Gasteiger partial charge on any atom is -0.370 e. The van der Waals surface area contributed by atoms with E-state index < -0.39 is 0 Å². The molecule has 4 rings (SSSR count). The van der Waals surface area contributed by atoms with Crippen molar-refractivity contribution in [3.05, 3.63) is 59.9 Å². The van der Waals surface area contributed by atoms with Gasteiger partial charge in [0.05, 0.1) is 0 Å². The van der Waals surface area contributed by atoms with Gasteiger partial charge in [0.2, 0.25) is 0 Å². The van der Waals surface area contributed by atoms with Crippen molar-refractivity contribution in [1.82, 2.24) is 4.98 Å². The van der Waals surface area contributed by atoms with Crippen LogP contribution in [0.15, 0.2) is 48.8 Å². The molecule has 0 atom stereocenters. The second-order valence-corrected chi connectivity index (χ2v) is 6.61. The minimum absolute atomic E-state index is 0.570. The molecule has 1 aromatic heterocycles. The first kappa shape index (κ1) is 12.8. The van der Waals surface area contributed by atoms with E-state index in [1.54, 1.807) is 0 Å². The van der Waals surface area contributed by atoms with Gasteiger partial charge in [-0.2, -0.15) is 0 Å². The molecule has 1 spiro atoms. The zero-order valence-electron chi connectivity index (χ0n) is 12.2. The first-order valence-electron chi connectivity index (χ1n) is 7.72. The summed E-state index contributed by atoms with van der Waals surface area (Å²) in [5, 5.41) is 0. The van der Waals surface area contributed by atoms with Gasteiger partial charge in [-0.3, -0.25) is 4.98 Å². The SMILES string of the molecule is NCc1ccc(N2CC3(CC(c4ccncc4)C3)C2)cc1. The van der Waals surface area contributed by atoms with E-state index in [4.69, 9.17) is 5.73 Å². The Morgan fingerprint density at radius 1 is 1.05 bits per heavy atom. The molecule has 3 heteroatoms. The monoisotopic (exact) mass is 279 g/mol. The molecule has 21 heavy (non-hydrogen) atoms. The smallest absolute Gasteiger partial charge is 0.0366 e. The Hall–Kier alpha value is -1.87. The Kier molecular flexibility index (Phi) is 2.96. The van der Waals surface area contributed by atoms with Crippen LogP contribution in [0.3, 0.4) is 0 Å². The van der Waals surface area contributed by atoms with Crippen molar-refractivity contribution >= 4 is 5.69 Å². The largest absolute Gasteiger partial charge is 0.370 e. The second kappa shape index (κ2) is 4.85. The highest BCUT2D eigenvalue weighted by molar-refractivity contribution is 5.51. The molecule has 0 amide bonds. The molecule has 2 fully saturated rings. The molecule has 1 aliphatic heterocycles. The lowest BCUT2D eigenvalue weighted by Gasteiger charge is -2.60. The highest BCUT2D eigenvalue weighted by Gasteiger charge is 2.52. The zero-order valence-corrected chi connectivity index (χ0v) is 12.2. The van der Waals surface area contributed by atoms with E-state index in [0.717, 1.165) is 5.92 Å². The summed E-state index contributed by atoms with van der Waals surface area (Å²) in [7, 11) is 0. The van der Waals surface area contributed by atoms with Crippen LogP contribution in [0.5, 0.6) is 0 Å². The zero-order chi connectivity index (χ0) is 14.3. The topological polar surface area (TPSA) is 42.1 Å². The van der Waals surface area contributed by atoms with Crippen molar-refractivity contribution in [1.29, 1.82) is 0 Å². The lowest BCUT2D eigenvalue weighted by molar-refractivity contribution is 0.0633. The molecule has 3 nitrogen and oxygen atoms in total. The lowest BCUT2D eigenvalue weighted by atomic mass is 9.56. The van der Waals surface area contributed by atoms with Crippen LogP contribution in [-0.2, 0) is 6.54 Å². The lowest BCUT2D eigenvalue weighted by Crippen LogP contribution is -2.61. The van der Waals surface area contributed by atoms with Gasteiger partial charge in [-0.15, -0.1) is 0 Å². The second-order valence-electron chi connectivity index (χ2n) is 6.61. The predicted molar refractivity (Wildman–Crippen MR) is 85.2 cm³/mol. The average molecular weight is 279 g/mol. The van der Waals surface area contributed by atoms with Gasteiger partial charge in [-0.1, -0.05) is 12.1 Å². The molecule has 0 radical (unpaired) electrons. The number of hydrogen-bond acceptors (Lipinski definition) is 3. The van der Waals surface area contributed by atoms with Crippen molar-refractivity contribution in [2.75, 3.05) is 18.0 Å². The Bertz CT molecular complexity index is 607. The van der Waals surface area contributed by atoms with Crippen molar-refractivity contribution in [2.45, 2.75) is 25.3 Å². The number of pyridine rings is 1. The number of benzene rings is 1. The van der Waals surface area contributed by atoms with Gasteiger partial charge >= 0.3 is 0 Å². The van der Waals surface area contributed by atoms with Crippen LogP contribution < -0.4 is 10.6 Å². The third-order valence-electron chi connectivity index (χ3n) is 5.13. The van der Waals surface area contributed by atoms with Crippen LogP contribution in [-0.4, -0.2) is 18.1 Å². The normalized spacial score (nSPS) is 20.1. The maximum absolute atomic E-state index is 5.65. The van der Waals surface area contributed by atoms with Gasteiger partial charge in [0.25, 0.3) is 0 Å². The van der Waals surface area contributed by atoms with Crippen molar-refractivity contribution in [3.8, 4) is 0 Å². The van der Waals surface area contributed by atoms with Gasteiger partial charge in [-0.25, -0.2) is 0 Å². The first-order valence-corrected chi connectivity index (χ1v) is 7.72. The van der Waals surface area contributed by atoms with Crippen LogP contribution in [0, 0.1) is 5.41 Å². The van der Waals surface area contributed by atoms with E-state index in [1.807, 2.05) is 12.4 Å². The van der Waals surface area contributed by atoms with E-state index in [1.165, 1.54) is 42.7 Å². The maximum Gasteiger partial charge on any atom is 0.0366 e. The van der Waals surface area contributed by atoms with E-state index in [9.17, 15) is 0 Å². The van der Waals surface area contributed by atoms with Crippen LogP contribution in [0.1, 0.15) is 29.9 Å². The molecular weight excluding hydrogens is 258 g/mol. The van der Waals surface area contributed by atoms with Gasteiger partial charge in [0.15, 0.2) is 0 Å². The molecule has 108 valence electrons. The molecule has 1 saturated carbocycles. The molecule has 2 aromatic rings. The number of anilines is 1. The van der Waals surface area contributed by atoms with Gasteiger partial charge in [0, 0.05) is 43.1 Å². The van der Waals surface area contributed by atoms with Crippen LogP contribution in [0.2, 0.25) is 0 Å². The molecule has 2 aliphatic rings. The molecule has 0 bridgehead atoms. The Labute approximate surface area is 125 Å². The summed E-state index contributed by atoms with van der Waals surface area (Å²) in [4.78, 5) is 6.59. The quantitative estimate of drug-likeness (QED) is 0.939. The standard InChI is InChI=1S/C18H21N3/c19-11-14-1-3-17(4-2-14)21-12-18(13-21)9-16(10-18)15-5-7-20-8-6-15/h1-8,16H,9-13,19H2. The molecular formula is C18H21N3. The summed E-state index contributed by atoms with van der Waals surface area (Å²) in [6, 6.07) is 13.0. The van der Waals surface area contributed by atoms with Crippen molar-refractivity contribution in [3.63, 3.8) is 0 Å². The average Bonchev–Trinajstić information content (AvgIpc) is 2.46. The maximum atomic E-state index is 5.65. The summed E-state index contributed by atoms with van der Waals surface area (Å²) in [6.07, 6.45) is 6.47. The number of hydrogen-bond donors (Lipinski definition) is 1. The van der Waals surface area contributed by atoms with Gasteiger partial charge in [-0.05, 0) is 54.2 Å².